The molecule has 0 aromatic carbocycles. The Bertz CT molecular complexity index is 648. The van der Waals surface area contributed by atoms with Crippen LogP contribution in [0.3, 0.4) is 0 Å². The molecular weight excluding hydrogens is 248 g/mol. The standard InChI is InChI=1S/C12H10N4OS/c1-17-9-7-13-5-4-8(9)11-14-12(16-15-11)10-3-2-6-18-10/h2-7H,1H3,(H,14,15,16). The summed E-state index contributed by atoms with van der Waals surface area (Å²) in [4.78, 5) is 9.53. The van der Waals surface area contributed by atoms with Gasteiger partial charge < -0.3 is 4.74 Å². The molecule has 0 aliphatic rings. The molecule has 0 amide bonds. The predicted octanol–water partition coefficient (Wildman–Crippen LogP) is 2.60. The number of rotatable bonds is 3. The van der Waals surface area contributed by atoms with E-state index in [4.69, 9.17) is 4.74 Å². The Morgan fingerprint density at radius 3 is 3.06 bits per heavy atom. The summed E-state index contributed by atoms with van der Waals surface area (Å²) in [6, 6.07) is 5.81. The van der Waals surface area contributed by atoms with Crippen molar-refractivity contribution >= 4 is 11.3 Å². The Kier molecular flexibility index (Phi) is 2.77. The number of ether oxygens (including phenoxy) is 1. The number of hydrogen-bond acceptors (Lipinski definition) is 5. The second-order valence-corrected chi connectivity index (χ2v) is 4.51. The number of thiophene rings is 1. The number of nitrogens with zero attached hydrogens (tertiary/aromatic N) is 3. The van der Waals surface area contributed by atoms with Crippen LogP contribution in [0, 0.1) is 0 Å². The molecule has 90 valence electrons. The molecule has 6 heteroatoms. The van der Waals surface area contributed by atoms with Crippen molar-refractivity contribution < 1.29 is 4.74 Å². The van der Waals surface area contributed by atoms with E-state index in [9.17, 15) is 0 Å². The highest BCUT2D eigenvalue weighted by atomic mass is 32.1. The fourth-order valence-corrected chi connectivity index (χ4v) is 2.30. The van der Waals surface area contributed by atoms with E-state index in [0.717, 1.165) is 16.3 Å². The van der Waals surface area contributed by atoms with Gasteiger partial charge in [0, 0.05) is 6.20 Å². The molecule has 1 N–H and O–H groups in total. The molecule has 0 saturated carbocycles. The molecule has 0 spiro atoms. The highest BCUT2D eigenvalue weighted by molar-refractivity contribution is 7.13. The third-order valence-corrected chi connectivity index (χ3v) is 3.36. The number of hydrogen-bond donors (Lipinski definition) is 1. The van der Waals surface area contributed by atoms with Crippen molar-refractivity contribution in [3.63, 3.8) is 0 Å². The molecule has 3 aromatic heterocycles. The monoisotopic (exact) mass is 258 g/mol. The van der Waals surface area contributed by atoms with E-state index in [1.807, 2.05) is 23.6 Å². The van der Waals surface area contributed by atoms with Crippen LogP contribution in [0.1, 0.15) is 0 Å². The minimum Gasteiger partial charge on any atom is -0.494 e. The zero-order chi connectivity index (χ0) is 12.4. The van der Waals surface area contributed by atoms with Crippen molar-refractivity contribution in [2.75, 3.05) is 7.11 Å². The van der Waals surface area contributed by atoms with E-state index < -0.39 is 0 Å². The lowest BCUT2D eigenvalue weighted by Crippen LogP contribution is -1.90. The molecule has 0 unspecified atom stereocenters. The maximum Gasteiger partial charge on any atom is 0.185 e. The molecule has 0 saturated heterocycles. The van der Waals surface area contributed by atoms with Crippen molar-refractivity contribution in [3.05, 3.63) is 36.0 Å². The van der Waals surface area contributed by atoms with Gasteiger partial charge in [0.05, 0.1) is 23.7 Å². The molecule has 5 nitrogen and oxygen atoms in total. The van der Waals surface area contributed by atoms with Gasteiger partial charge >= 0.3 is 0 Å². The van der Waals surface area contributed by atoms with E-state index in [1.165, 1.54) is 0 Å². The second-order valence-electron chi connectivity index (χ2n) is 3.56. The average molecular weight is 258 g/mol. The summed E-state index contributed by atoms with van der Waals surface area (Å²) in [5, 5.41) is 9.15. The molecule has 0 fully saturated rings. The predicted molar refractivity (Wildman–Crippen MR) is 69.5 cm³/mol. The van der Waals surface area contributed by atoms with Crippen molar-refractivity contribution in [2.45, 2.75) is 0 Å². The summed E-state index contributed by atoms with van der Waals surface area (Å²) < 4.78 is 5.25. The number of pyridine rings is 1. The van der Waals surface area contributed by atoms with Gasteiger partial charge in [0.1, 0.15) is 5.75 Å². The lowest BCUT2D eigenvalue weighted by atomic mass is 10.2. The van der Waals surface area contributed by atoms with Crippen molar-refractivity contribution in [1.82, 2.24) is 20.2 Å². The second kappa shape index (κ2) is 4.58. The fourth-order valence-electron chi connectivity index (χ4n) is 1.63. The van der Waals surface area contributed by atoms with Crippen LogP contribution in [0.25, 0.3) is 22.1 Å². The summed E-state index contributed by atoms with van der Waals surface area (Å²) in [5.74, 6) is 2.03. The highest BCUT2D eigenvalue weighted by Crippen LogP contribution is 2.28. The molecular formula is C12H10N4OS. The molecule has 0 atom stereocenters. The summed E-state index contributed by atoms with van der Waals surface area (Å²) >= 11 is 1.62. The van der Waals surface area contributed by atoms with Crippen LogP contribution >= 0.6 is 11.3 Å². The summed E-state index contributed by atoms with van der Waals surface area (Å²) in [7, 11) is 1.60. The van der Waals surface area contributed by atoms with Crippen LogP contribution in [0.4, 0.5) is 0 Å². The fraction of sp³-hybridized carbons (Fsp3) is 0.0833. The van der Waals surface area contributed by atoms with Crippen molar-refractivity contribution in [3.8, 4) is 27.8 Å². The molecule has 0 bridgehead atoms. The van der Waals surface area contributed by atoms with Crippen LogP contribution in [-0.4, -0.2) is 27.3 Å². The Hall–Kier alpha value is -2.21. The summed E-state index contributed by atoms with van der Waals surface area (Å²) in [6.45, 7) is 0. The van der Waals surface area contributed by atoms with Gasteiger partial charge in [-0.05, 0) is 17.5 Å². The SMILES string of the molecule is COc1cnccc1-c1n[nH]c(-c2cccs2)n1. The van der Waals surface area contributed by atoms with Crippen LogP contribution in [0.5, 0.6) is 5.75 Å². The molecule has 0 aliphatic carbocycles. The largest absolute Gasteiger partial charge is 0.494 e. The van der Waals surface area contributed by atoms with E-state index >= 15 is 0 Å². The molecule has 0 radical (unpaired) electrons. The van der Waals surface area contributed by atoms with Gasteiger partial charge in [0.15, 0.2) is 11.6 Å². The molecule has 3 aromatic rings. The van der Waals surface area contributed by atoms with Crippen LogP contribution in [-0.2, 0) is 0 Å². The third-order valence-electron chi connectivity index (χ3n) is 2.49. The maximum absolute atomic E-state index is 5.25. The van der Waals surface area contributed by atoms with Gasteiger partial charge in [-0.2, -0.15) is 5.10 Å². The molecule has 3 rings (SSSR count). The smallest absolute Gasteiger partial charge is 0.185 e. The van der Waals surface area contributed by atoms with Crippen LogP contribution in [0.15, 0.2) is 36.0 Å². The zero-order valence-corrected chi connectivity index (χ0v) is 10.4. The van der Waals surface area contributed by atoms with Gasteiger partial charge in [0.2, 0.25) is 0 Å². The van der Waals surface area contributed by atoms with E-state index in [-0.39, 0.29) is 0 Å². The van der Waals surface area contributed by atoms with E-state index in [1.54, 1.807) is 30.8 Å². The Morgan fingerprint density at radius 1 is 1.33 bits per heavy atom. The highest BCUT2D eigenvalue weighted by Gasteiger charge is 2.12. The van der Waals surface area contributed by atoms with Gasteiger partial charge in [0.25, 0.3) is 0 Å². The normalized spacial score (nSPS) is 10.5. The van der Waals surface area contributed by atoms with Crippen LogP contribution < -0.4 is 4.74 Å². The quantitative estimate of drug-likeness (QED) is 0.784. The van der Waals surface area contributed by atoms with Gasteiger partial charge in [-0.25, -0.2) is 4.98 Å². The van der Waals surface area contributed by atoms with Gasteiger partial charge in [-0.3, -0.25) is 10.1 Å². The van der Waals surface area contributed by atoms with Gasteiger partial charge in [-0.1, -0.05) is 6.07 Å². The number of aromatic amines is 1. The summed E-state index contributed by atoms with van der Waals surface area (Å²) in [5.41, 5.74) is 0.826. The Labute approximate surface area is 108 Å². The Balaban J connectivity index is 2.03. The van der Waals surface area contributed by atoms with Crippen LogP contribution in [0.2, 0.25) is 0 Å². The maximum atomic E-state index is 5.25. The number of H-pyrrole nitrogens is 1. The van der Waals surface area contributed by atoms with E-state index in [0.29, 0.717) is 11.6 Å². The minimum absolute atomic E-state index is 0.609. The van der Waals surface area contributed by atoms with Crippen molar-refractivity contribution in [1.29, 1.82) is 0 Å². The molecule has 3 heterocycles. The van der Waals surface area contributed by atoms with E-state index in [2.05, 4.69) is 20.2 Å². The number of nitrogens with one attached hydrogen (secondary N) is 1. The number of methoxy groups -OCH3 is 1. The third kappa shape index (κ3) is 1.86. The van der Waals surface area contributed by atoms with Crippen molar-refractivity contribution in [2.24, 2.45) is 0 Å². The molecule has 18 heavy (non-hydrogen) atoms. The lowest BCUT2D eigenvalue weighted by molar-refractivity contribution is 0.414. The first-order valence-corrected chi connectivity index (χ1v) is 6.21. The first-order chi connectivity index (χ1) is 8.88. The number of aromatic nitrogens is 4. The molecule has 0 aliphatic heterocycles. The minimum atomic E-state index is 0.609. The Morgan fingerprint density at radius 2 is 2.28 bits per heavy atom. The first-order valence-electron chi connectivity index (χ1n) is 5.33. The van der Waals surface area contributed by atoms with Gasteiger partial charge in [-0.15, -0.1) is 11.3 Å². The zero-order valence-electron chi connectivity index (χ0n) is 9.62. The topological polar surface area (TPSA) is 63.7 Å². The summed E-state index contributed by atoms with van der Waals surface area (Å²) in [6.07, 6.45) is 3.34. The first kappa shape index (κ1) is 10.9. The average Bonchev–Trinajstić information content (AvgIpc) is 3.09. The lowest BCUT2D eigenvalue weighted by Gasteiger charge is -2.02.